The van der Waals surface area contributed by atoms with E-state index in [0.29, 0.717) is 15.7 Å². The van der Waals surface area contributed by atoms with Crippen LogP contribution in [0.3, 0.4) is 0 Å². The molecule has 6 nitrogen and oxygen atoms in total. The summed E-state index contributed by atoms with van der Waals surface area (Å²) >= 11 is 17.8. The Morgan fingerprint density at radius 2 is 1.69 bits per heavy atom. The summed E-state index contributed by atoms with van der Waals surface area (Å²) in [5, 5.41) is 3.43. The van der Waals surface area contributed by atoms with Gasteiger partial charge in [0.2, 0.25) is 10.0 Å². The molecule has 0 aliphatic heterocycles. The molecule has 26 heavy (non-hydrogen) atoms. The molecule has 0 aromatic heterocycles. The molecule has 0 aliphatic carbocycles. The Kier molecular flexibility index (Phi) is 6.76. The van der Waals surface area contributed by atoms with Gasteiger partial charge in [0.1, 0.15) is 5.75 Å². The van der Waals surface area contributed by atoms with Crippen LogP contribution in [-0.2, 0) is 14.8 Å². The lowest BCUT2D eigenvalue weighted by molar-refractivity contribution is -0.118. The van der Waals surface area contributed by atoms with Crippen LogP contribution in [0.5, 0.6) is 5.75 Å². The summed E-state index contributed by atoms with van der Waals surface area (Å²) in [6.07, 6.45) is 0. The molecule has 2 rings (SSSR count). The average Bonchev–Trinajstić information content (AvgIpc) is 2.52. The molecule has 1 amide bonds. The van der Waals surface area contributed by atoms with E-state index in [1.807, 2.05) is 0 Å². The van der Waals surface area contributed by atoms with Crippen molar-refractivity contribution in [2.75, 3.05) is 26.0 Å². The van der Waals surface area contributed by atoms with Gasteiger partial charge >= 0.3 is 0 Å². The number of carbonyl (C=O) groups is 1. The summed E-state index contributed by atoms with van der Waals surface area (Å²) in [6, 6.07) is 8.63. The van der Waals surface area contributed by atoms with Crippen molar-refractivity contribution in [2.45, 2.75) is 4.90 Å². The molecular weight excluding hydrogens is 423 g/mol. The van der Waals surface area contributed by atoms with Crippen LogP contribution in [0.4, 0.5) is 5.69 Å². The standard InChI is InChI=1S/C16H15Cl3N2O4S/c1-21(2)26(23,24)13-3-4-15(14(19)8-13)25-9-16(22)20-12-6-10(17)5-11(18)7-12/h3-8H,9H2,1-2H3,(H,20,22). The van der Waals surface area contributed by atoms with Gasteiger partial charge in [0, 0.05) is 29.8 Å². The van der Waals surface area contributed by atoms with Gasteiger partial charge in [-0.1, -0.05) is 34.8 Å². The van der Waals surface area contributed by atoms with Crippen molar-refractivity contribution in [1.29, 1.82) is 0 Å². The molecule has 2 aromatic carbocycles. The average molecular weight is 438 g/mol. The molecule has 2 aromatic rings. The quantitative estimate of drug-likeness (QED) is 0.743. The minimum absolute atomic E-state index is 0.0258. The first kappa shape index (κ1) is 20.8. The Hall–Kier alpha value is -1.51. The van der Waals surface area contributed by atoms with E-state index in [1.54, 1.807) is 18.2 Å². The highest BCUT2D eigenvalue weighted by atomic mass is 35.5. The third kappa shape index (κ3) is 5.25. The van der Waals surface area contributed by atoms with Crippen molar-refractivity contribution in [2.24, 2.45) is 0 Å². The second-order valence-electron chi connectivity index (χ2n) is 5.37. The molecular formula is C16H15Cl3N2O4S. The van der Waals surface area contributed by atoms with E-state index >= 15 is 0 Å². The van der Waals surface area contributed by atoms with E-state index in [9.17, 15) is 13.2 Å². The maximum atomic E-state index is 12.1. The molecule has 140 valence electrons. The van der Waals surface area contributed by atoms with Gasteiger partial charge in [0.25, 0.3) is 5.91 Å². The van der Waals surface area contributed by atoms with Crippen molar-refractivity contribution in [1.82, 2.24) is 4.31 Å². The van der Waals surface area contributed by atoms with Crippen molar-refractivity contribution < 1.29 is 17.9 Å². The van der Waals surface area contributed by atoms with Gasteiger partial charge in [-0.2, -0.15) is 0 Å². The summed E-state index contributed by atoms with van der Waals surface area (Å²) < 4.78 is 30.5. The third-order valence-corrected chi connectivity index (χ3v) is 5.73. The molecule has 0 unspecified atom stereocenters. The second kappa shape index (κ2) is 8.45. The van der Waals surface area contributed by atoms with Crippen molar-refractivity contribution in [3.8, 4) is 5.75 Å². The highest BCUT2D eigenvalue weighted by Gasteiger charge is 2.19. The van der Waals surface area contributed by atoms with Crippen LogP contribution in [0, 0.1) is 0 Å². The van der Waals surface area contributed by atoms with Crippen LogP contribution in [0.15, 0.2) is 41.3 Å². The van der Waals surface area contributed by atoms with Crippen molar-refractivity contribution >= 4 is 56.4 Å². The van der Waals surface area contributed by atoms with E-state index in [0.717, 1.165) is 4.31 Å². The number of benzene rings is 2. The Morgan fingerprint density at radius 1 is 1.08 bits per heavy atom. The van der Waals surface area contributed by atoms with Gasteiger partial charge in [-0.05, 0) is 36.4 Å². The van der Waals surface area contributed by atoms with Gasteiger partial charge in [-0.25, -0.2) is 12.7 Å². The molecule has 0 spiro atoms. The van der Waals surface area contributed by atoms with Crippen LogP contribution in [0.1, 0.15) is 0 Å². The Labute approximate surface area is 166 Å². The van der Waals surface area contributed by atoms with Crippen LogP contribution in [-0.4, -0.2) is 39.3 Å². The van der Waals surface area contributed by atoms with Gasteiger partial charge in [0.15, 0.2) is 6.61 Å². The van der Waals surface area contributed by atoms with Gasteiger partial charge < -0.3 is 10.1 Å². The molecule has 0 fully saturated rings. The number of hydrogen-bond acceptors (Lipinski definition) is 4. The highest BCUT2D eigenvalue weighted by molar-refractivity contribution is 7.89. The topological polar surface area (TPSA) is 75.7 Å². The maximum Gasteiger partial charge on any atom is 0.262 e. The monoisotopic (exact) mass is 436 g/mol. The number of nitrogens with one attached hydrogen (secondary N) is 1. The minimum Gasteiger partial charge on any atom is -0.482 e. The number of ether oxygens (including phenoxy) is 1. The molecule has 0 atom stereocenters. The number of rotatable bonds is 6. The van der Waals surface area contributed by atoms with Crippen LogP contribution < -0.4 is 10.1 Å². The zero-order valence-corrected chi connectivity index (χ0v) is 16.9. The maximum absolute atomic E-state index is 12.1. The van der Waals surface area contributed by atoms with E-state index in [-0.39, 0.29) is 22.3 Å². The van der Waals surface area contributed by atoms with E-state index < -0.39 is 15.9 Å². The first-order valence-corrected chi connectivity index (χ1v) is 9.78. The summed E-state index contributed by atoms with van der Waals surface area (Å²) in [5.74, 6) is -0.270. The zero-order valence-electron chi connectivity index (χ0n) is 13.8. The molecule has 0 radical (unpaired) electrons. The predicted molar refractivity (Wildman–Crippen MR) is 103 cm³/mol. The van der Waals surface area contributed by atoms with Crippen LogP contribution in [0.2, 0.25) is 15.1 Å². The van der Waals surface area contributed by atoms with Crippen LogP contribution in [0.25, 0.3) is 0 Å². The number of nitrogens with zero attached hydrogens (tertiary/aromatic N) is 1. The Bertz CT molecular complexity index is 913. The number of anilines is 1. The van der Waals surface area contributed by atoms with Gasteiger partial charge in [0.05, 0.1) is 9.92 Å². The first-order valence-electron chi connectivity index (χ1n) is 7.20. The third-order valence-electron chi connectivity index (χ3n) is 3.19. The van der Waals surface area contributed by atoms with Crippen molar-refractivity contribution in [3.05, 3.63) is 51.5 Å². The fourth-order valence-electron chi connectivity index (χ4n) is 1.94. The fraction of sp³-hybridized carbons (Fsp3) is 0.188. The van der Waals surface area contributed by atoms with Gasteiger partial charge in [-0.15, -0.1) is 0 Å². The lowest BCUT2D eigenvalue weighted by Gasteiger charge is -2.13. The molecule has 0 saturated heterocycles. The molecule has 0 heterocycles. The summed E-state index contributed by atoms with van der Waals surface area (Å²) in [4.78, 5) is 12.0. The number of halogens is 3. The number of hydrogen-bond donors (Lipinski definition) is 1. The first-order chi connectivity index (χ1) is 12.1. The van der Waals surface area contributed by atoms with Crippen LogP contribution >= 0.6 is 34.8 Å². The second-order valence-corrected chi connectivity index (χ2v) is 8.81. The van der Waals surface area contributed by atoms with E-state index in [2.05, 4.69) is 5.32 Å². The normalized spacial score (nSPS) is 11.5. The largest absolute Gasteiger partial charge is 0.482 e. The molecule has 10 heteroatoms. The number of carbonyl (C=O) groups excluding carboxylic acids is 1. The van der Waals surface area contributed by atoms with Crippen molar-refractivity contribution in [3.63, 3.8) is 0 Å². The smallest absolute Gasteiger partial charge is 0.262 e. The fourth-order valence-corrected chi connectivity index (χ4v) is 3.69. The SMILES string of the molecule is CN(C)S(=O)(=O)c1ccc(OCC(=O)Nc2cc(Cl)cc(Cl)c2)c(Cl)c1. The predicted octanol–water partition coefficient (Wildman–Crippen LogP) is 3.91. The van der Waals surface area contributed by atoms with Gasteiger partial charge in [-0.3, -0.25) is 4.79 Å². The van der Waals surface area contributed by atoms with E-state index in [1.165, 1.54) is 32.3 Å². The summed E-state index contributed by atoms with van der Waals surface area (Å²) in [7, 11) is -0.774. The summed E-state index contributed by atoms with van der Waals surface area (Å²) in [5.41, 5.74) is 0.426. The zero-order chi connectivity index (χ0) is 19.5. The molecule has 1 N–H and O–H groups in total. The lowest BCUT2D eigenvalue weighted by Crippen LogP contribution is -2.22. The Morgan fingerprint density at radius 3 is 2.23 bits per heavy atom. The Balaban J connectivity index is 2.04. The number of sulfonamides is 1. The molecule has 0 bridgehead atoms. The minimum atomic E-state index is -3.61. The summed E-state index contributed by atoms with van der Waals surface area (Å²) in [6.45, 7) is -0.330. The van der Waals surface area contributed by atoms with E-state index in [4.69, 9.17) is 39.5 Å². The highest BCUT2D eigenvalue weighted by Crippen LogP contribution is 2.28. The molecule has 0 aliphatic rings. The molecule has 0 saturated carbocycles. The number of amides is 1. The lowest BCUT2D eigenvalue weighted by atomic mass is 10.3.